The highest BCUT2D eigenvalue weighted by Gasteiger charge is 2.14. The van der Waals surface area contributed by atoms with Gasteiger partial charge in [0.25, 0.3) is 5.91 Å². The molecule has 3 aromatic rings. The Morgan fingerprint density at radius 2 is 1.97 bits per heavy atom. The third kappa shape index (κ3) is 4.33. The number of amides is 1. The van der Waals surface area contributed by atoms with Crippen LogP contribution in [0.3, 0.4) is 0 Å². The summed E-state index contributed by atoms with van der Waals surface area (Å²) in [4.78, 5) is 24.0. The first kappa shape index (κ1) is 20.7. The van der Waals surface area contributed by atoms with Gasteiger partial charge in [-0.25, -0.2) is 4.79 Å². The number of aromatic nitrogens is 1. The maximum absolute atomic E-state index is 12.4. The summed E-state index contributed by atoms with van der Waals surface area (Å²) in [6.45, 7) is 4.04. The highest BCUT2D eigenvalue weighted by molar-refractivity contribution is 6.01. The molecule has 0 atom stereocenters. The first-order valence-electron chi connectivity index (χ1n) is 9.24. The van der Waals surface area contributed by atoms with Crippen LogP contribution in [0.5, 0.6) is 0 Å². The van der Waals surface area contributed by atoms with Crippen LogP contribution in [0.25, 0.3) is 11.8 Å². The first-order chi connectivity index (χ1) is 14.4. The lowest BCUT2D eigenvalue weighted by atomic mass is 10.1. The van der Waals surface area contributed by atoms with E-state index >= 15 is 0 Å². The molecule has 0 spiro atoms. The summed E-state index contributed by atoms with van der Waals surface area (Å²) in [6, 6.07) is 14.4. The van der Waals surface area contributed by atoms with E-state index in [1.165, 1.54) is 13.4 Å². The van der Waals surface area contributed by atoms with Gasteiger partial charge in [0.05, 0.1) is 25.5 Å². The van der Waals surface area contributed by atoms with Gasteiger partial charge in [0.2, 0.25) is 0 Å². The molecule has 30 heavy (non-hydrogen) atoms. The fraction of sp³-hybridized carbons (Fsp3) is 0.174. The van der Waals surface area contributed by atoms with Gasteiger partial charge in [-0.05, 0) is 68.0 Å². The number of hydrogen-bond acceptors (Lipinski definition) is 5. The molecular formula is C23H21N3O4. The van der Waals surface area contributed by atoms with E-state index in [2.05, 4.69) is 5.32 Å². The highest BCUT2D eigenvalue weighted by atomic mass is 16.5. The number of hydrogen-bond donors (Lipinski definition) is 1. The molecule has 1 amide bonds. The molecule has 2 aromatic heterocycles. The number of nitrogens with one attached hydrogen (secondary N) is 1. The largest absolute Gasteiger partial charge is 0.467 e. The predicted octanol–water partition coefficient (Wildman–Crippen LogP) is 3.70. The van der Waals surface area contributed by atoms with Crippen LogP contribution in [0.2, 0.25) is 0 Å². The standard InChI is InChI=1S/C23H21N3O4/c1-15-11-18(12-19(13-24)22(27)25-14-21-5-4-10-30-21)16(2)26(15)20-8-6-17(7-9-20)23(28)29-3/h4-12H,14H2,1-3H3,(H,25,27). The van der Waals surface area contributed by atoms with Gasteiger partial charge in [0, 0.05) is 17.1 Å². The van der Waals surface area contributed by atoms with Crippen LogP contribution in [0.4, 0.5) is 0 Å². The molecule has 1 aromatic carbocycles. The highest BCUT2D eigenvalue weighted by Crippen LogP contribution is 2.23. The molecule has 0 saturated heterocycles. The third-order valence-corrected chi connectivity index (χ3v) is 4.69. The normalized spacial score (nSPS) is 11.1. The van der Waals surface area contributed by atoms with Crippen molar-refractivity contribution in [2.75, 3.05) is 7.11 Å². The van der Waals surface area contributed by atoms with Crippen molar-refractivity contribution in [3.8, 4) is 11.8 Å². The number of rotatable bonds is 6. The van der Waals surface area contributed by atoms with Crippen molar-refractivity contribution >= 4 is 18.0 Å². The lowest BCUT2D eigenvalue weighted by Crippen LogP contribution is -2.23. The summed E-state index contributed by atoms with van der Waals surface area (Å²) < 4.78 is 11.9. The minimum absolute atomic E-state index is 0.00263. The molecule has 3 rings (SSSR count). The molecule has 0 fully saturated rings. The Morgan fingerprint density at radius 1 is 1.23 bits per heavy atom. The van der Waals surface area contributed by atoms with Gasteiger partial charge in [-0.15, -0.1) is 0 Å². The number of furan rings is 1. The van der Waals surface area contributed by atoms with Crippen LogP contribution >= 0.6 is 0 Å². The molecular weight excluding hydrogens is 382 g/mol. The predicted molar refractivity (Wildman–Crippen MR) is 111 cm³/mol. The Labute approximate surface area is 174 Å². The summed E-state index contributed by atoms with van der Waals surface area (Å²) in [7, 11) is 1.34. The van der Waals surface area contributed by atoms with Gasteiger partial charge in [-0.1, -0.05) is 0 Å². The molecule has 152 valence electrons. The molecule has 0 saturated carbocycles. The molecule has 0 unspecified atom stereocenters. The van der Waals surface area contributed by atoms with E-state index in [-0.39, 0.29) is 12.1 Å². The van der Waals surface area contributed by atoms with Gasteiger partial charge in [0.1, 0.15) is 17.4 Å². The fourth-order valence-corrected chi connectivity index (χ4v) is 3.18. The van der Waals surface area contributed by atoms with E-state index in [0.717, 1.165) is 22.6 Å². The van der Waals surface area contributed by atoms with Crippen LogP contribution in [0.15, 0.2) is 58.7 Å². The SMILES string of the molecule is COC(=O)c1ccc(-n2c(C)cc(C=C(C#N)C(=O)NCc3ccco3)c2C)cc1. The smallest absolute Gasteiger partial charge is 0.337 e. The van der Waals surface area contributed by atoms with E-state index in [1.807, 2.05) is 42.7 Å². The first-order valence-corrected chi connectivity index (χ1v) is 9.24. The molecule has 1 N–H and O–H groups in total. The minimum Gasteiger partial charge on any atom is -0.467 e. The van der Waals surface area contributed by atoms with E-state index in [9.17, 15) is 14.9 Å². The van der Waals surface area contributed by atoms with Crippen molar-refractivity contribution in [1.29, 1.82) is 5.26 Å². The van der Waals surface area contributed by atoms with Crippen LogP contribution in [-0.4, -0.2) is 23.6 Å². The third-order valence-electron chi connectivity index (χ3n) is 4.69. The average molecular weight is 403 g/mol. The monoisotopic (exact) mass is 403 g/mol. The lowest BCUT2D eigenvalue weighted by molar-refractivity contribution is -0.117. The summed E-state index contributed by atoms with van der Waals surface area (Å²) in [5.41, 5.74) is 3.88. The molecule has 2 heterocycles. The van der Waals surface area contributed by atoms with Crippen molar-refractivity contribution in [3.05, 3.63) is 82.6 Å². The van der Waals surface area contributed by atoms with Gasteiger partial charge >= 0.3 is 5.97 Å². The number of nitrogens with zero attached hydrogens (tertiary/aromatic N) is 2. The van der Waals surface area contributed by atoms with E-state index in [4.69, 9.17) is 9.15 Å². The molecule has 7 nitrogen and oxygen atoms in total. The van der Waals surface area contributed by atoms with Crippen molar-refractivity contribution in [3.63, 3.8) is 0 Å². The van der Waals surface area contributed by atoms with Gasteiger partial charge in [-0.3, -0.25) is 4.79 Å². The number of carbonyl (C=O) groups excluding carboxylic acids is 2. The van der Waals surface area contributed by atoms with Gasteiger partial charge in [0.15, 0.2) is 0 Å². The van der Waals surface area contributed by atoms with Crippen molar-refractivity contribution in [2.45, 2.75) is 20.4 Å². The Hall–Kier alpha value is -4.05. The van der Waals surface area contributed by atoms with Crippen LogP contribution < -0.4 is 5.32 Å². The number of carbonyl (C=O) groups is 2. The minimum atomic E-state index is -0.471. The van der Waals surface area contributed by atoms with Crippen molar-refractivity contribution < 1.29 is 18.7 Å². The Kier molecular flexibility index (Phi) is 6.18. The second-order valence-corrected chi connectivity index (χ2v) is 6.63. The molecule has 0 aliphatic rings. The number of aryl methyl sites for hydroxylation is 1. The zero-order chi connectivity index (χ0) is 21.7. The van der Waals surface area contributed by atoms with E-state index in [1.54, 1.807) is 30.3 Å². The second-order valence-electron chi connectivity index (χ2n) is 6.63. The van der Waals surface area contributed by atoms with Gasteiger partial charge in [-0.2, -0.15) is 5.26 Å². The quantitative estimate of drug-likeness (QED) is 0.385. The van der Waals surface area contributed by atoms with Crippen LogP contribution in [0.1, 0.15) is 33.1 Å². The average Bonchev–Trinajstić information content (AvgIpc) is 3.37. The van der Waals surface area contributed by atoms with Crippen LogP contribution in [0, 0.1) is 25.2 Å². The maximum Gasteiger partial charge on any atom is 0.337 e. The number of ether oxygens (including phenoxy) is 1. The summed E-state index contributed by atoms with van der Waals surface area (Å²) in [5, 5.41) is 12.1. The zero-order valence-electron chi connectivity index (χ0n) is 16.9. The Bertz CT molecular complexity index is 1130. The summed E-state index contributed by atoms with van der Waals surface area (Å²) >= 11 is 0. The number of methoxy groups -OCH3 is 1. The van der Waals surface area contributed by atoms with Crippen LogP contribution in [-0.2, 0) is 16.1 Å². The van der Waals surface area contributed by atoms with Crippen molar-refractivity contribution in [2.24, 2.45) is 0 Å². The zero-order valence-corrected chi connectivity index (χ0v) is 16.9. The second kappa shape index (κ2) is 8.97. The molecule has 0 aliphatic heterocycles. The van der Waals surface area contributed by atoms with E-state index in [0.29, 0.717) is 11.3 Å². The Balaban J connectivity index is 1.85. The number of benzene rings is 1. The molecule has 7 heteroatoms. The summed E-state index contributed by atoms with van der Waals surface area (Å²) in [5.74, 6) is -0.263. The van der Waals surface area contributed by atoms with Gasteiger partial charge < -0.3 is 19.0 Å². The number of nitriles is 1. The molecule has 0 aliphatic carbocycles. The van der Waals surface area contributed by atoms with E-state index < -0.39 is 11.9 Å². The molecule has 0 bridgehead atoms. The maximum atomic E-state index is 12.4. The number of esters is 1. The molecule has 0 radical (unpaired) electrons. The Morgan fingerprint density at radius 3 is 2.57 bits per heavy atom. The fourth-order valence-electron chi connectivity index (χ4n) is 3.18. The van der Waals surface area contributed by atoms with Crippen molar-refractivity contribution in [1.82, 2.24) is 9.88 Å². The summed E-state index contributed by atoms with van der Waals surface area (Å²) in [6.07, 6.45) is 3.09. The lowest BCUT2D eigenvalue weighted by Gasteiger charge is -2.10. The topological polar surface area (TPSA) is 97.3 Å².